The zero-order valence-corrected chi connectivity index (χ0v) is 27.1. The van der Waals surface area contributed by atoms with Gasteiger partial charge in [-0.05, 0) is 55.0 Å². The van der Waals surface area contributed by atoms with Crippen molar-refractivity contribution >= 4 is 38.2 Å². The highest BCUT2D eigenvalue weighted by atomic mass is 35.5. The number of aromatic nitrogens is 3. The monoisotopic (exact) mass is 658 g/mol. The van der Waals surface area contributed by atoms with Crippen LogP contribution in [-0.2, 0) is 19.2 Å². The number of benzene rings is 2. The van der Waals surface area contributed by atoms with E-state index in [9.17, 15) is 4.21 Å². The smallest absolute Gasteiger partial charge is 0.311 e. The van der Waals surface area contributed by atoms with Gasteiger partial charge >= 0.3 is 11.9 Å². The number of rotatable bonds is 9. The van der Waals surface area contributed by atoms with Gasteiger partial charge in [0.15, 0.2) is 11.8 Å². The molecule has 4 aromatic rings. The van der Waals surface area contributed by atoms with Gasteiger partial charge in [0.2, 0.25) is 0 Å². The summed E-state index contributed by atoms with van der Waals surface area (Å²) in [5, 5.41) is 0.373. The highest BCUT2D eigenvalue weighted by Gasteiger charge is 2.55. The first-order chi connectivity index (χ1) is 21.7. The van der Waals surface area contributed by atoms with Crippen LogP contribution in [0.4, 0.5) is 14.5 Å². The van der Waals surface area contributed by atoms with Crippen LogP contribution in [0.15, 0.2) is 59.0 Å². The maximum absolute atomic E-state index is 15.0. The van der Waals surface area contributed by atoms with Crippen molar-refractivity contribution in [1.82, 2.24) is 14.5 Å². The van der Waals surface area contributed by atoms with Gasteiger partial charge in [0.25, 0.3) is 0 Å². The van der Waals surface area contributed by atoms with E-state index in [4.69, 9.17) is 30.8 Å². The molecule has 0 radical (unpaired) electrons. The van der Waals surface area contributed by atoms with Gasteiger partial charge in [-0.3, -0.25) is 4.57 Å². The number of ether oxygens (including phenoxy) is 3. The molecule has 2 aliphatic rings. The van der Waals surface area contributed by atoms with E-state index in [-0.39, 0.29) is 19.0 Å². The van der Waals surface area contributed by atoms with E-state index in [1.807, 2.05) is 62.4 Å². The molecule has 2 saturated heterocycles. The lowest BCUT2D eigenvalue weighted by Crippen LogP contribution is -2.42. The highest BCUT2D eigenvalue weighted by molar-refractivity contribution is 7.93. The number of imidazole rings is 1. The normalized spacial score (nSPS) is 21.7. The third kappa shape index (κ3) is 6.32. The summed E-state index contributed by atoms with van der Waals surface area (Å²) in [6.07, 6.45) is -0.466. The number of hydrogen-bond acceptors (Lipinski definition) is 7. The Bertz CT molecular complexity index is 1770. The minimum Gasteiger partial charge on any atom is -0.452 e. The zero-order chi connectivity index (χ0) is 31.8. The maximum Gasteiger partial charge on any atom is 0.311 e. The molecule has 240 valence electrons. The Labute approximate surface area is 267 Å². The van der Waals surface area contributed by atoms with Gasteiger partial charge in [0.05, 0.1) is 32.7 Å². The fourth-order valence-corrected chi connectivity index (χ4v) is 7.20. The SMILES string of the molecule is CC[C@H]1OC[C@@H](Oc2nc3cc(Cl)c(-c4ccc(-c5ccc(N=S(=O)(CC)CC)cc5)cc4)nc3n2C2CCCCO2)C1(F)F. The Hall–Kier alpha value is -3.12. The molecule has 0 spiro atoms. The van der Waals surface area contributed by atoms with Crippen LogP contribution in [-0.4, -0.2) is 61.6 Å². The molecule has 12 heteroatoms. The molecule has 4 heterocycles. The van der Waals surface area contributed by atoms with Crippen LogP contribution in [0.1, 0.15) is 52.7 Å². The predicted molar refractivity (Wildman–Crippen MR) is 173 cm³/mol. The molecule has 8 nitrogen and oxygen atoms in total. The van der Waals surface area contributed by atoms with E-state index < -0.39 is 34.1 Å². The van der Waals surface area contributed by atoms with E-state index in [0.717, 1.165) is 29.5 Å². The van der Waals surface area contributed by atoms with Gasteiger partial charge in [-0.15, -0.1) is 0 Å². The van der Waals surface area contributed by atoms with Crippen molar-refractivity contribution in [2.45, 2.75) is 70.8 Å². The van der Waals surface area contributed by atoms with Crippen LogP contribution in [0.25, 0.3) is 33.5 Å². The Morgan fingerprint density at radius 1 is 1.00 bits per heavy atom. The van der Waals surface area contributed by atoms with Crippen molar-refractivity contribution in [2.75, 3.05) is 24.7 Å². The fraction of sp³-hybridized carbons (Fsp3) is 0.455. The molecule has 45 heavy (non-hydrogen) atoms. The summed E-state index contributed by atoms with van der Waals surface area (Å²) in [5.41, 5.74) is 4.86. The van der Waals surface area contributed by atoms with Crippen molar-refractivity contribution in [1.29, 1.82) is 0 Å². The van der Waals surface area contributed by atoms with E-state index in [1.165, 1.54) is 0 Å². The quantitative estimate of drug-likeness (QED) is 0.179. The van der Waals surface area contributed by atoms with Crippen molar-refractivity contribution in [3.05, 3.63) is 59.6 Å². The second-order valence-corrected chi connectivity index (χ2v) is 14.6. The molecule has 0 bridgehead atoms. The largest absolute Gasteiger partial charge is 0.452 e. The summed E-state index contributed by atoms with van der Waals surface area (Å²) in [7, 11) is -2.23. The predicted octanol–water partition coefficient (Wildman–Crippen LogP) is 8.45. The van der Waals surface area contributed by atoms with Gasteiger partial charge in [0.1, 0.15) is 17.8 Å². The summed E-state index contributed by atoms with van der Waals surface area (Å²) in [6.45, 7) is 5.75. The molecule has 2 aromatic carbocycles. The minimum absolute atomic E-state index is 0.0156. The summed E-state index contributed by atoms with van der Waals surface area (Å²) in [4.78, 5) is 9.45. The average Bonchev–Trinajstić information content (AvgIpc) is 3.55. The second-order valence-electron chi connectivity index (χ2n) is 11.3. The number of alkyl halides is 2. The molecule has 2 aliphatic heterocycles. The molecule has 2 aromatic heterocycles. The van der Waals surface area contributed by atoms with Crippen molar-refractivity contribution in [3.8, 4) is 28.4 Å². The molecule has 0 amide bonds. The summed E-state index contributed by atoms with van der Waals surface area (Å²) in [6, 6.07) is 17.2. The Balaban J connectivity index is 1.33. The molecule has 0 N–H and O–H groups in total. The lowest BCUT2D eigenvalue weighted by molar-refractivity contribution is -0.109. The molecule has 6 rings (SSSR count). The first-order valence-corrected chi connectivity index (χ1v) is 17.7. The molecular formula is C33H37ClF2N4O4S. The van der Waals surface area contributed by atoms with E-state index in [0.29, 0.717) is 52.1 Å². The Kier molecular flexibility index (Phi) is 9.16. The fourth-order valence-electron chi connectivity index (χ4n) is 5.77. The number of fused-ring (bicyclic) bond motifs is 1. The van der Waals surface area contributed by atoms with E-state index in [2.05, 4.69) is 9.35 Å². The van der Waals surface area contributed by atoms with E-state index >= 15 is 8.78 Å². The number of pyridine rings is 1. The average molecular weight is 659 g/mol. The lowest BCUT2D eigenvalue weighted by atomic mass is 10.0. The number of hydrogen-bond donors (Lipinski definition) is 0. The van der Waals surface area contributed by atoms with Crippen LogP contribution in [0.3, 0.4) is 0 Å². The molecule has 1 unspecified atom stereocenters. The molecule has 3 atom stereocenters. The van der Waals surface area contributed by atoms with Gasteiger partial charge in [-0.1, -0.05) is 68.8 Å². The standard InChI is InChI=1S/C33H37ClF2N4O4S/c1-4-27-33(35,36)28(20-43-27)44-32-37-26-19-25(34)30(38-31(26)40(32)29-9-7-8-18-42-29)23-12-10-21(11-13-23)22-14-16-24(17-15-22)39-45(41,5-2)6-3/h10-17,19,27-29H,4-9,18,20H2,1-3H3/t27-,28-,29?/m1/s1. The first kappa shape index (κ1) is 31.8. The van der Waals surface area contributed by atoms with Crippen LogP contribution < -0.4 is 4.74 Å². The van der Waals surface area contributed by atoms with Crippen molar-refractivity contribution in [3.63, 3.8) is 0 Å². The molecule has 0 aliphatic carbocycles. The number of nitrogens with zero attached hydrogens (tertiary/aromatic N) is 4. The third-order valence-electron chi connectivity index (χ3n) is 8.49. The van der Waals surface area contributed by atoms with Gasteiger partial charge in [-0.25, -0.2) is 9.19 Å². The van der Waals surface area contributed by atoms with Crippen molar-refractivity contribution < 1.29 is 27.2 Å². The molecule has 0 saturated carbocycles. The van der Waals surface area contributed by atoms with Crippen LogP contribution >= 0.6 is 11.6 Å². The highest BCUT2D eigenvalue weighted by Crippen LogP contribution is 2.40. The maximum atomic E-state index is 15.0. The Morgan fingerprint density at radius 3 is 2.27 bits per heavy atom. The minimum atomic E-state index is -3.16. The van der Waals surface area contributed by atoms with Gasteiger partial charge < -0.3 is 14.2 Å². The van der Waals surface area contributed by atoms with Gasteiger partial charge in [-0.2, -0.15) is 18.1 Å². The van der Waals surface area contributed by atoms with E-state index in [1.54, 1.807) is 17.6 Å². The Morgan fingerprint density at radius 2 is 1.67 bits per heavy atom. The molecule has 2 fully saturated rings. The van der Waals surface area contributed by atoms with Crippen LogP contribution in [0, 0.1) is 0 Å². The van der Waals surface area contributed by atoms with Crippen LogP contribution in [0.5, 0.6) is 6.01 Å². The van der Waals surface area contributed by atoms with Crippen LogP contribution in [0.2, 0.25) is 5.02 Å². The summed E-state index contributed by atoms with van der Waals surface area (Å²) in [5.74, 6) is -2.13. The van der Waals surface area contributed by atoms with Crippen molar-refractivity contribution in [2.24, 2.45) is 4.36 Å². The topological polar surface area (TPSA) is 87.8 Å². The first-order valence-electron chi connectivity index (χ1n) is 15.4. The summed E-state index contributed by atoms with van der Waals surface area (Å²) < 4.78 is 66.2. The number of halogens is 3. The zero-order valence-electron chi connectivity index (χ0n) is 25.5. The third-order valence-corrected chi connectivity index (χ3v) is 11.1. The lowest BCUT2D eigenvalue weighted by Gasteiger charge is -2.27. The van der Waals surface area contributed by atoms with Gasteiger partial charge in [0, 0.05) is 23.7 Å². The summed E-state index contributed by atoms with van der Waals surface area (Å²) >= 11 is 6.73. The molecular weight excluding hydrogens is 622 g/mol. The second kappa shape index (κ2) is 12.9.